The topological polar surface area (TPSA) is 46.3 Å². The first-order chi connectivity index (χ1) is 7.29. The van der Waals surface area contributed by atoms with Gasteiger partial charge in [-0.2, -0.15) is 0 Å². The lowest BCUT2D eigenvalue weighted by Gasteiger charge is -2.23. The molecule has 0 atom stereocenters. The average Bonchev–Trinajstić information content (AvgIpc) is 2.30. The highest BCUT2D eigenvalue weighted by Crippen LogP contribution is 2.15. The van der Waals surface area contributed by atoms with Gasteiger partial charge in [-0.15, -0.1) is 0 Å². The van der Waals surface area contributed by atoms with Crippen molar-refractivity contribution in [1.82, 2.24) is 4.90 Å². The maximum Gasteiger partial charge on any atom is 0.256 e. The Kier molecular flexibility index (Phi) is 2.72. The first-order valence-electron chi connectivity index (χ1n) is 5.08. The van der Waals surface area contributed by atoms with Gasteiger partial charge >= 0.3 is 0 Å². The van der Waals surface area contributed by atoms with Crippen molar-refractivity contribution in [2.45, 2.75) is 6.42 Å². The number of nitrogens with zero attached hydrogens (tertiary/aromatic N) is 1. The Labute approximate surface area is 89.2 Å². The zero-order chi connectivity index (χ0) is 10.7. The predicted octanol–water partition coefficient (Wildman–Crippen LogP) is 1.67. The lowest BCUT2D eigenvalue weighted by molar-refractivity contribution is 0.0772. The normalized spacial score (nSPS) is 15.3. The number of carbonyl (C=O) groups is 1. The molecule has 1 aromatic rings. The van der Waals surface area contributed by atoms with Gasteiger partial charge < -0.3 is 10.6 Å². The standard InChI is InChI=1S/C12H14N2O/c13-11-7-3-2-6-10(11)12(15)14-8-4-1-5-9-14/h1-4,6-7H,5,8-9,13H2. The van der Waals surface area contributed by atoms with Crippen LogP contribution >= 0.6 is 0 Å². The Balaban J connectivity index is 2.20. The van der Waals surface area contributed by atoms with Crippen LogP contribution in [-0.2, 0) is 0 Å². The summed E-state index contributed by atoms with van der Waals surface area (Å²) in [5, 5.41) is 0. The number of anilines is 1. The fourth-order valence-electron chi connectivity index (χ4n) is 1.69. The fourth-order valence-corrected chi connectivity index (χ4v) is 1.69. The fraction of sp³-hybridized carbons (Fsp3) is 0.250. The molecule has 0 saturated carbocycles. The maximum atomic E-state index is 12.0. The molecular weight excluding hydrogens is 188 g/mol. The van der Waals surface area contributed by atoms with Crippen LogP contribution in [0.2, 0.25) is 0 Å². The summed E-state index contributed by atoms with van der Waals surface area (Å²) < 4.78 is 0. The second-order valence-corrected chi connectivity index (χ2v) is 3.60. The number of benzene rings is 1. The van der Waals surface area contributed by atoms with E-state index in [1.807, 2.05) is 23.1 Å². The number of carbonyl (C=O) groups excluding carboxylic acids is 1. The van der Waals surface area contributed by atoms with Crippen LogP contribution in [0.15, 0.2) is 36.4 Å². The molecule has 0 aliphatic carbocycles. The van der Waals surface area contributed by atoms with Crippen molar-refractivity contribution in [3.63, 3.8) is 0 Å². The number of hydrogen-bond acceptors (Lipinski definition) is 2. The lowest BCUT2D eigenvalue weighted by Crippen LogP contribution is -2.34. The smallest absolute Gasteiger partial charge is 0.256 e. The Morgan fingerprint density at radius 3 is 2.73 bits per heavy atom. The van der Waals surface area contributed by atoms with Gasteiger partial charge in [-0.3, -0.25) is 4.79 Å². The highest BCUT2D eigenvalue weighted by Gasteiger charge is 2.17. The Morgan fingerprint density at radius 2 is 2.07 bits per heavy atom. The molecule has 0 spiro atoms. The van der Waals surface area contributed by atoms with Crippen molar-refractivity contribution in [2.75, 3.05) is 18.8 Å². The third kappa shape index (κ3) is 2.01. The van der Waals surface area contributed by atoms with Crippen LogP contribution < -0.4 is 5.73 Å². The third-order valence-electron chi connectivity index (χ3n) is 2.54. The number of rotatable bonds is 1. The highest BCUT2D eigenvalue weighted by atomic mass is 16.2. The van der Waals surface area contributed by atoms with Crippen molar-refractivity contribution in [3.05, 3.63) is 42.0 Å². The monoisotopic (exact) mass is 202 g/mol. The van der Waals surface area contributed by atoms with Crippen LogP contribution in [0.5, 0.6) is 0 Å². The predicted molar refractivity (Wildman–Crippen MR) is 60.5 cm³/mol. The molecule has 0 aromatic heterocycles. The van der Waals surface area contributed by atoms with Gasteiger partial charge in [-0.25, -0.2) is 0 Å². The average molecular weight is 202 g/mol. The first-order valence-corrected chi connectivity index (χ1v) is 5.08. The molecule has 3 heteroatoms. The summed E-state index contributed by atoms with van der Waals surface area (Å²) >= 11 is 0. The largest absolute Gasteiger partial charge is 0.398 e. The van der Waals surface area contributed by atoms with Crippen LogP contribution in [-0.4, -0.2) is 23.9 Å². The molecule has 1 heterocycles. The van der Waals surface area contributed by atoms with Gasteiger partial charge in [-0.1, -0.05) is 24.3 Å². The zero-order valence-electron chi connectivity index (χ0n) is 8.52. The van der Waals surface area contributed by atoms with Gasteiger partial charge in [-0.05, 0) is 18.6 Å². The number of amides is 1. The zero-order valence-corrected chi connectivity index (χ0v) is 8.52. The second-order valence-electron chi connectivity index (χ2n) is 3.60. The second kappa shape index (κ2) is 4.17. The van der Waals surface area contributed by atoms with Crippen LogP contribution in [0.25, 0.3) is 0 Å². The minimum atomic E-state index is 0.0254. The molecule has 0 radical (unpaired) electrons. The summed E-state index contributed by atoms with van der Waals surface area (Å²) in [6, 6.07) is 7.20. The van der Waals surface area contributed by atoms with Crippen LogP contribution in [0, 0.1) is 0 Å². The van der Waals surface area contributed by atoms with E-state index in [4.69, 9.17) is 5.73 Å². The number of para-hydroxylation sites is 1. The summed E-state index contributed by atoms with van der Waals surface area (Å²) in [5.41, 5.74) is 6.92. The molecule has 1 aromatic carbocycles. The number of nitrogen functional groups attached to an aromatic ring is 1. The number of nitrogens with two attached hydrogens (primary N) is 1. The van der Waals surface area contributed by atoms with Crippen molar-refractivity contribution >= 4 is 11.6 Å². The molecule has 78 valence electrons. The van der Waals surface area contributed by atoms with Gasteiger partial charge in [0, 0.05) is 18.8 Å². The number of hydrogen-bond donors (Lipinski definition) is 1. The van der Waals surface area contributed by atoms with E-state index in [1.165, 1.54) is 0 Å². The molecule has 1 aliphatic rings. The Morgan fingerprint density at radius 1 is 1.27 bits per heavy atom. The van der Waals surface area contributed by atoms with Gasteiger partial charge in [0.05, 0.1) is 5.56 Å². The van der Waals surface area contributed by atoms with Gasteiger partial charge in [0.2, 0.25) is 0 Å². The van der Waals surface area contributed by atoms with Crippen LogP contribution in [0.1, 0.15) is 16.8 Å². The van der Waals surface area contributed by atoms with Crippen LogP contribution in [0.4, 0.5) is 5.69 Å². The van der Waals surface area contributed by atoms with Crippen LogP contribution in [0.3, 0.4) is 0 Å². The van der Waals surface area contributed by atoms with E-state index in [-0.39, 0.29) is 5.91 Å². The van der Waals surface area contributed by atoms with E-state index in [0.29, 0.717) is 17.8 Å². The van der Waals surface area contributed by atoms with E-state index in [9.17, 15) is 4.79 Å². The molecular formula is C12H14N2O. The Hall–Kier alpha value is -1.77. The summed E-state index contributed by atoms with van der Waals surface area (Å²) in [6.45, 7) is 1.47. The van der Waals surface area contributed by atoms with Gasteiger partial charge in [0.1, 0.15) is 0 Å². The molecule has 1 amide bonds. The highest BCUT2D eigenvalue weighted by molar-refractivity contribution is 5.99. The molecule has 2 N–H and O–H groups in total. The molecule has 15 heavy (non-hydrogen) atoms. The third-order valence-corrected chi connectivity index (χ3v) is 2.54. The SMILES string of the molecule is Nc1ccccc1C(=O)N1CC=CCC1. The van der Waals surface area contributed by atoms with E-state index in [2.05, 4.69) is 6.08 Å². The summed E-state index contributed by atoms with van der Waals surface area (Å²) in [4.78, 5) is 13.8. The summed E-state index contributed by atoms with van der Waals surface area (Å²) in [5.74, 6) is 0.0254. The molecule has 0 saturated heterocycles. The maximum absolute atomic E-state index is 12.0. The lowest BCUT2D eigenvalue weighted by atomic mass is 10.1. The van der Waals surface area contributed by atoms with Crippen molar-refractivity contribution in [3.8, 4) is 0 Å². The van der Waals surface area contributed by atoms with Gasteiger partial charge in [0.15, 0.2) is 0 Å². The van der Waals surface area contributed by atoms with E-state index in [0.717, 1.165) is 13.0 Å². The molecule has 3 nitrogen and oxygen atoms in total. The van der Waals surface area contributed by atoms with Crippen molar-refractivity contribution < 1.29 is 4.79 Å². The molecule has 2 rings (SSSR count). The molecule has 0 fully saturated rings. The van der Waals surface area contributed by atoms with Gasteiger partial charge in [0.25, 0.3) is 5.91 Å². The first kappa shape index (κ1) is 9.77. The minimum Gasteiger partial charge on any atom is -0.398 e. The molecule has 0 unspecified atom stereocenters. The Bertz CT molecular complexity index is 398. The van der Waals surface area contributed by atoms with E-state index < -0.39 is 0 Å². The van der Waals surface area contributed by atoms with Crippen molar-refractivity contribution in [2.24, 2.45) is 0 Å². The minimum absolute atomic E-state index is 0.0254. The molecule has 0 bridgehead atoms. The van der Waals surface area contributed by atoms with E-state index >= 15 is 0 Å². The quantitative estimate of drug-likeness (QED) is 0.556. The molecule has 1 aliphatic heterocycles. The summed E-state index contributed by atoms with van der Waals surface area (Å²) in [6.07, 6.45) is 5.04. The summed E-state index contributed by atoms with van der Waals surface area (Å²) in [7, 11) is 0. The van der Waals surface area contributed by atoms with Crippen molar-refractivity contribution in [1.29, 1.82) is 0 Å². The van der Waals surface area contributed by atoms with E-state index in [1.54, 1.807) is 12.1 Å².